The predicted octanol–water partition coefficient (Wildman–Crippen LogP) is -8.07. The average molecular weight is 524 g/mol. The summed E-state index contributed by atoms with van der Waals surface area (Å²) in [4.78, 5) is 47.0. The number of carbonyl (C=O) groups excluding carboxylic acids is 4. The topological polar surface area (TPSA) is 172 Å². The molecule has 2 aliphatic carbocycles. The number of carboxylic acid groups (broad SMARTS) is 2. The Hall–Kier alpha value is -0.760. The first kappa shape index (κ1) is 31.5. The smallest absolute Gasteiger partial charge is 0.542 e. The van der Waals surface area contributed by atoms with Crippen molar-refractivity contribution in [2.24, 2.45) is 11.8 Å². The van der Waals surface area contributed by atoms with Crippen molar-refractivity contribution in [2.45, 2.75) is 69.0 Å². The first-order valence-electron chi connectivity index (χ1n) is 11.4. The third-order valence-electron chi connectivity index (χ3n) is 6.72. The van der Waals surface area contributed by atoms with E-state index in [9.17, 15) is 34.5 Å². The maximum atomic E-state index is 12.5. The zero-order valence-corrected chi connectivity index (χ0v) is 24.4. The van der Waals surface area contributed by atoms with Gasteiger partial charge in [-0.15, -0.1) is 0 Å². The van der Waals surface area contributed by atoms with Gasteiger partial charge in [0.1, 0.15) is 41.8 Å². The third kappa shape index (κ3) is 7.21. The standard InChI is InChI=1S/C23H28O11.2Na/c24-11(9-31-14-3-1-5-16-20(14)12(25)7-18(33-16)22(27)28)10-32-15-4-2-6-17-21(15)13(26)8-19(34-17)23(29)30;;/h7-8,11,14-17,20-21,24H,1-6,9-10H2,(H,27,28)(H,29,30);;/q;2*+1/p-2. The molecule has 0 saturated heterocycles. The van der Waals surface area contributed by atoms with Crippen molar-refractivity contribution < 1.29 is 113 Å². The minimum Gasteiger partial charge on any atom is -0.542 e. The van der Waals surface area contributed by atoms with Crippen molar-refractivity contribution in [1.82, 2.24) is 0 Å². The number of aliphatic hydroxyl groups is 1. The van der Waals surface area contributed by atoms with Gasteiger partial charge in [0.25, 0.3) is 0 Å². The quantitative estimate of drug-likeness (QED) is 0.299. The number of fused-ring (bicyclic) bond motifs is 2. The summed E-state index contributed by atoms with van der Waals surface area (Å²) in [6.45, 7) is -0.254. The van der Waals surface area contributed by atoms with E-state index in [1.54, 1.807) is 0 Å². The van der Waals surface area contributed by atoms with Crippen LogP contribution < -0.4 is 69.3 Å². The zero-order valence-electron chi connectivity index (χ0n) is 20.4. The fraction of sp³-hybridized carbons (Fsp3) is 0.652. The fourth-order valence-electron chi connectivity index (χ4n) is 5.19. The van der Waals surface area contributed by atoms with Crippen LogP contribution in [-0.4, -0.2) is 72.3 Å². The molecule has 0 amide bonds. The third-order valence-corrected chi connectivity index (χ3v) is 6.72. The second-order valence-electron chi connectivity index (χ2n) is 9.02. The van der Waals surface area contributed by atoms with Gasteiger partial charge in [-0.1, -0.05) is 0 Å². The van der Waals surface area contributed by atoms with Crippen LogP contribution in [0.4, 0.5) is 0 Å². The van der Waals surface area contributed by atoms with Gasteiger partial charge in [-0.3, -0.25) is 9.59 Å². The first-order chi connectivity index (χ1) is 16.2. The summed E-state index contributed by atoms with van der Waals surface area (Å²) in [5.41, 5.74) is 0. The van der Waals surface area contributed by atoms with E-state index in [4.69, 9.17) is 18.9 Å². The molecule has 13 heteroatoms. The van der Waals surface area contributed by atoms with Crippen molar-refractivity contribution in [1.29, 1.82) is 0 Å². The minimum atomic E-state index is -1.54. The molecule has 4 aliphatic rings. The molecular formula is C23H26Na2O11. The van der Waals surface area contributed by atoms with Gasteiger partial charge in [-0.2, -0.15) is 0 Å². The Balaban J connectivity index is 0.00000228. The normalized spacial score (nSPS) is 32.0. The van der Waals surface area contributed by atoms with E-state index < -0.39 is 77.4 Å². The average Bonchev–Trinajstić information content (AvgIpc) is 2.80. The molecule has 2 fully saturated rings. The van der Waals surface area contributed by atoms with Crippen LogP contribution in [0.15, 0.2) is 23.7 Å². The Kier molecular flexibility index (Phi) is 12.1. The molecule has 11 nitrogen and oxygen atoms in total. The SMILES string of the molecule is O=C([O-])C1=CC(=O)C2C(OCC(O)COC3CCCC4OC(C(=O)[O-])=CC(=O)C34)CCCC2O1.[Na+].[Na+]. The van der Waals surface area contributed by atoms with Crippen molar-refractivity contribution in [2.75, 3.05) is 13.2 Å². The molecular weight excluding hydrogens is 498 g/mol. The fourth-order valence-corrected chi connectivity index (χ4v) is 5.19. The molecule has 2 heterocycles. The second-order valence-corrected chi connectivity index (χ2v) is 9.02. The molecule has 0 spiro atoms. The van der Waals surface area contributed by atoms with Gasteiger partial charge in [-0.05, 0) is 38.5 Å². The van der Waals surface area contributed by atoms with Crippen LogP contribution in [0.3, 0.4) is 0 Å². The Morgan fingerprint density at radius 3 is 1.58 bits per heavy atom. The molecule has 4 rings (SSSR count). The van der Waals surface area contributed by atoms with Gasteiger partial charge in [0.15, 0.2) is 11.6 Å². The van der Waals surface area contributed by atoms with E-state index in [2.05, 4.69) is 0 Å². The molecule has 6 atom stereocenters. The number of hydrogen-bond acceptors (Lipinski definition) is 11. The van der Waals surface area contributed by atoms with E-state index in [1.165, 1.54) is 0 Å². The summed E-state index contributed by atoms with van der Waals surface area (Å²) < 4.78 is 22.4. The van der Waals surface area contributed by atoms with Crippen LogP contribution in [0.1, 0.15) is 38.5 Å². The number of aliphatic hydroxyl groups excluding tert-OH is 1. The summed E-state index contributed by atoms with van der Waals surface area (Å²) in [5.74, 6) is -6.17. The number of aliphatic carboxylic acids is 2. The van der Waals surface area contributed by atoms with E-state index >= 15 is 0 Å². The van der Waals surface area contributed by atoms with E-state index in [0.717, 1.165) is 12.2 Å². The Morgan fingerprint density at radius 2 is 1.22 bits per heavy atom. The zero-order chi connectivity index (χ0) is 24.4. The van der Waals surface area contributed by atoms with Crippen LogP contribution in [0, 0.1) is 11.8 Å². The van der Waals surface area contributed by atoms with Gasteiger partial charge in [0.05, 0.1) is 37.3 Å². The van der Waals surface area contributed by atoms with Crippen molar-refractivity contribution in [3.8, 4) is 0 Å². The van der Waals surface area contributed by atoms with Gasteiger partial charge in [0, 0.05) is 12.2 Å². The summed E-state index contributed by atoms with van der Waals surface area (Å²) in [5, 5.41) is 32.4. The van der Waals surface area contributed by atoms with E-state index in [-0.39, 0.29) is 72.3 Å². The molecule has 6 unspecified atom stereocenters. The molecule has 186 valence electrons. The van der Waals surface area contributed by atoms with Crippen molar-refractivity contribution in [3.05, 3.63) is 23.7 Å². The molecule has 0 aromatic rings. The molecule has 0 radical (unpaired) electrons. The number of carboxylic acids is 2. The number of hydrogen-bond donors (Lipinski definition) is 1. The maximum Gasteiger partial charge on any atom is 1.00 e. The van der Waals surface area contributed by atoms with Crippen molar-refractivity contribution >= 4 is 23.5 Å². The molecule has 0 aromatic carbocycles. The number of rotatable bonds is 8. The predicted molar refractivity (Wildman–Crippen MR) is 106 cm³/mol. The number of ketones is 2. The Labute approximate surface area is 252 Å². The summed E-state index contributed by atoms with van der Waals surface area (Å²) in [6, 6.07) is 0. The van der Waals surface area contributed by atoms with Crippen LogP contribution >= 0.6 is 0 Å². The minimum absolute atomic E-state index is 0. The molecule has 2 saturated carbocycles. The molecule has 2 aliphatic heterocycles. The molecule has 1 N–H and O–H groups in total. The Bertz CT molecular complexity index is 846. The summed E-state index contributed by atoms with van der Waals surface area (Å²) >= 11 is 0. The van der Waals surface area contributed by atoms with Gasteiger partial charge < -0.3 is 43.9 Å². The van der Waals surface area contributed by atoms with Gasteiger partial charge in [0.2, 0.25) is 0 Å². The van der Waals surface area contributed by atoms with Crippen molar-refractivity contribution in [3.63, 3.8) is 0 Å². The maximum absolute atomic E-state index is 12.5. The molecule has 0 bridgehead atoms. The monoisotopic (exact) mass is 524 g/mol. The van der Waals surface area contributed by atoms with E-state index in [0.29, 0.717) is 38.5 Å². The second kappa shape index (κ2) is 13.9. The summed E-state index contributed by atoms with van der Waals surface area (Å²) in [7, 11) is 0. The largest absolute Gasteiger partial charge is 1.00 e. The van der Waals surface area contributed by atoms with Crippen LogP contribution in [0.25, 0.3) is 0 Å². The van der Waals surface area contributed by atoms with E-state index in [1.807, 2.05) is 0 Å². The first-order valence-corrected chi connectivity index (χ1v) is 11.4. The van der Waals surface area contributed by atoms with Gasteiger partial charge >= 0.3 is 59.1 Å². The molecule has 0 aromatic heterocycles. The van der Waals surface area contributed by atoms with Crippen LogP contribution in [-0.2, 0) is 38.1 Å². The summed E-state index contributed by atoms with van der Waals surface area (Å²) in [6.07, 6.45) is 1.96. The van der Waals surface area contributed by atoms with Crippen LogP contribution in [0.2, 0.25) is 0 Å². The molecule has 36 heavy (non-hydrogen) atoms. The Morgan fingerprint density at radius 1 is 0.833 bits per heavy atom. The number of carbonyl (C=O) groups is 4. The van der Waals surface area contributed by atoms with Gasteiger partial charge in [-0.25, -0.2) is 0 Å². The number of ether oxygens (including phenoxy) is 4. The van der Waals surface area contributed by atoms with Crippen LogP contribution in [0.5, 0.6) is 0 Å². The number of allylic oxidation sites excluding steroid dienone is 2.